The second kappa shape index (κ2) is 4.42. The Kier molecular flexibility index (Phi) is 2.99. The van der Waals surface area contributed by atoms with E-state index in [0.29, 0.717) is 12.3 Å². The molecule has 5 nitrogen and oxygen atoms in total. The minimum absolute atomic E-state index is 0.335. The van der Waals surface area contributed by atoms with Crippen LogP contribution in [-0.2, 0) is 11.3 Å². The van der Waals surface area contributed by atoms with Crippen LogP contribution in [0.3, 0.4) is 0 Å². The van der Waals surface area contributed by atoms with Gasteiger partial charge >= 0.3 is 5.97 Å². The van der Waals surface area contributed by atoms with Crippen LogP contribution in [0.15, 0.2) is 6.20 Å². The molecule has 0 radical (unpaired) electrons. The molecule has 0 saturated heterocycles. The number of rotatable bonds is 5. The summed E-state index contributed by atoms with van der Waals surface area (Å²) in [6.07, 6.45) is 5.16. The zero-order chi connectivity index (χ0) is 10.7. The Labute approximate surface area is 88.4 Å². The van der Waals surface area contributed by atoms with Gasteiger partial charge in [0.2, 0.25) is 0 Å². The Morgan fingerprint density at radius 1 is 1.67 bits per heavy atom. The molecule has 1 aromatic rings. The first-order valence-corrected chi connectivity index (χ1v) is 5.37. The summed E-state index contributed by atoms with van der Waals surface area (Å²) in [5.74, 6) is 0.488. The second-order valence-corrected chi connectivity index (χ2v) is 3.79. The van der Waals surface area contributed by atoms with E-state index in [-0.39, 0.29) is 5.97 Å². The van der Waals surface area contributed by atoms with Crippen molar-refractivity contribution in [3.8, 4) is 0 Å². The summed E-state index contributed by atoms with van der Waals surface area (Å²) in [5.41, 5.74) is 0.456. The standard InChI is InChI=1S/C10H15N3O2/c1-2-15-10(14)9-7-11-12-13(9)6-5-8-3-4-8/h7-8H,2-6H2,1H3. The molecule has 1 aliphatic rings. The molecule has 0 aromatic carbocycles. The van der Waals surface area contributed by atoms with E-state index in [0.717, 1.165) is 18.9 Å². The van der Waals surface area contributed by atoms with Crippen LogP contribution in [0.5, 0.6) is 0 Å². The third-order valence-corrected chi connectivity index (χ3v) is 2.55. The van der Waals surface area contributed by atoms with Crippen molar-refractivity contribution >= 4 is 5.97 Å². The number of aromatic nitrogens is 3. The summed E-state index contributed by atoms with van der Waals surface area (Å²) < 4.78 is 6.54. The molecule has 5 heteroatoms. The summed E-state index contributed by atoms with van der Waals surface area (Å²) in [4.78, 5) is 11.5. The molecule has 1 heterocycles. The van der Waals surface area contributed by atoms with Crippen molar-refractivity contribution in [2.45, 2.75) is 32.7 Å². The normalized spacial score (nSPS) is 15.3. The molecule has 82 valence electrons. The Bertz CT molecular complexity index is 344. The highest BCUT2D eigenvalue weighted by atomic mass is 16.5. The van der Waals surface area contributed by atoms with Gasteiger partial charge in [-0.25, -0.2) is 9.48 Å². The van der Waals surface area contributed by atoms with Crippen LogP contribution >= 0.6 is 0 Å². The fourth-order valence-electron chi connectivity index (χ4n) is 1.50. The van der Waals surface area contributed by atoms with E-state index in [4.69, 9.17) is 4.74 Å². The maximum Gasteiger partial charge on any atom is 0.358 e. The zero-order valence-corrected chi connectivity index (χ0v) is 8.85. The van der Waals surface area contributed by atoms with Crippen molar-refractivity contribution in [2.24, 2.45) is 5.92 Å². The third-order valence-electron chi connectivity index (χ3n) is 2.55. The maximum absolute atomic E-state index is 11.5. The molecule has 1 saturated carbocycles. The molecule has 0 spiro atoms. The third kappa shape index (κ3) is 2.55. The van der Waals surface area contributed by atoms with E-state index in [9.17, 15) is 4.79 Å². The molecule has 1 aliphatic carbocycles. The molecular weight excluding hydrogens is 194 g/mol. The maximum atomic E-state index is 11.5. The Morgan fingerprint density at radius 3 is 3.13 bits per heavy atom. The predicted octanol–water partition coefficient (Wildman–Crippen LogP) is 1.25. The molecule has 0 N–H and O–H groups in total. The molecule has 0 amide bonds. The minimum Gasteiger partial charge on any atom is -0.461 e. The van der Waals surface area contributed by atoms with Crippen molar-refractivity contribution < 1.29 is 9.53 Å². The second-order valence-electron chi connectivity index (χ2n) is 3.79. The van der Waals surface area contributed by atoms with Crippen molar-refractivity contribution in [1.29, 1.82) is 0 Å². The Hall–Kier alpha value is -1.39. The van der Waals surface area contributed by atoms with E-state index >= 15 is 0 Å². The average Bonchev–Trinajstić information content (AvgIpc) is 2.93. The van der Waals surface area contributed by atoms with Crippen LogP contribution < -0.4 is 0 Å². The van der Waals surface area contributed by atoms with Gasteiger partial charge in [-0.2, -0.15) is 0 Å². The van der Waals surface area contributed by atoms with Gasteiger partial charge in [0.15, 0.2) is 5.69 Å². The topological polar surface area (TPSA) is 57.0 Å². The van der Waals surface area contributed by atoms with Gasteiger partial charge in [0.1, 0.15) is 0 Å². The van der Waals surface area contributed by atoms with Gasteiger partial charge in [-0.1, -0.05) is 18.1 Å². The van der Waals surface area contributed by atoms with Crippen LogP contribution in [0.2, 0.25) is 0 Å². The van der Waals surface area contributed by atoms with Crippen molar-refractivity contribution in [3.05, 3.63) is 11.9 Å². The van der Waals surface area contributed by atoms with E-state index in [1.54, 1.807) is 11.6 Å². The number of aryl methyl sites for hydroxylation is 1. The zero-order valence-electron chi connectivity index (χ0n) is 8.85. The first-order chi connectivity index (χ1) is 7.31. The van der Waals surface area contributed by atoms with Gasteiger partial charge in [0.25, 0.3) is 0 Å². The summed E-state index contributed by atoms with van der Waals surface area (Å²) in [6.45, 7) is 2.93. The number of ether oxygens (including phenoxy) is 1. The molecular formula is C10H15N3O2. The highest BCUT2D eigenvalue weighted by Crippen LogP contribution is 2.32. The molecule has 2 rings (SSSR count). The Morgan fingerprint density at radius 2 is 2.47 bits per heavy atom. The monoisotopic (exact) mass is 209 g/mol. The summed E-state index contributed by atoms with van der Waals surface area (Å²) in [7, 11) is 0. The van der Waals surface area contributed by atoms with Crippen LogP contribution in [0.25, 0.3) is 0 Å². The molecule has 1 fully saturated rings. The predicted molar refractivity (Wildman–Crippen MR) is 53.3 cm³/mol. The summed E-state index contributed by atoms with van der Waals surface area (Å²) >= 11 is 0. The number of hydrogen-bond donors (Lipinski definition) is 0. The van der Waals surface area contributed by atoms with E-state index < -0.39 is 0 Å². The highest BCUT2D eigenvalue weighted by Gasteiger charge is 2.22. The van der Waals surface area contributed by atoms with Crippen molar-refractivity contribution in [2.75, 3.05) is 6.61 Å². The van der Waals surface area contributed by atoms with Crippen molar-refractivity contribution in [3.63, 3.8) is 0 Å². The average molecular weight is 209 g/mol. The lowest BCUT2D eigenvalue weighted by molar-refractivity contribution is 0.0511. The van der Waals surface area contributed by atoms with Crippen LogP contribution in [0.1, 0.15) is 36.7 Å². The SMILES string of the molecule is CCOC(=O)c1cnnn1CCC1CC1. The quantitative estimate of drug-likeness (QED) is 0.685. The molecule has 0 aliphatic heterocycles. The fraction of sp³-hybridized carbons (Fsp3) is 0.700. The van der Waals surface area contributed by atoms with E-state index in [1.165, 1.54) is 19.0 Å². The number of esters is 1. The lowest BCUT2D eigenvalue weighted by Gasteiger charge is -2.04. The number of nitrogens with zero attached hydrogens (tertiary/aromatic N) is 3. The molecule has 0 unspecified atom stereocenters. The Balaban J connectivity index is 1.96. The molecule has 15 heavy (non-hydrogen) atoms. The van der Waals surface area contributed by atoms with Gasteiger partial charge in [-0.05, 0) is 19.3 Å². The minimum atomic E-state index is -0.335. The molecule has 0 atom stereocenters. The fourth-order valence-corrected chi connectivity index (χ4v) is 1.50. The van der Waals surface area contributed by atoms with Gasteiger partial charge in [0, 0.05) is 6.54 Å². The van der Waals surface area contributed by atoms with Gasteiger partial charge in [0.05, 0.1) is 12.8 Å². The lowest BCUT2D eigenvalue weighted by atomic mass is 10.3. The smallest absolute Gasteiger partial charge is 0.358 e. The first-order valence-electron chi connectivity index (χ1n) is 5.37. The van der Waals surface area contributed by atoms with Gasteiger partial charge in [-0.15, -0.1) is 5.10 Å². The molecule has 1 aromatic heterocycles. The first kappa shape index (κ1) is 10.1. The van der Waals surface area contributed by atoms with Gasteiger partial charge < -0.3 is 4.74 Å². The number of carbonyl (C=O) groups is 1. The summed E-state index contributed by atoms with van der Waals surface area (Å²) in [6, 6.07) is 0. The van der Waals surface area contributed by atoms with Crippen LogP contribution in [0.4, 0.5) is 0 Å². The van der Waals surface area contributed by atoms with Crippen LogP contribution in [-0.4, -0.2) is 27.6 Å². The number of hydrogen-bond acceptors (Lipinski definition) is 4. The molecule has 0 bridgehead atoms. The van der Waals surface area contributed by atoms with E-state index in [2.05, 4.69) is 10.3 Å². The lowest BCUT2D eigenvalue weighted by Crippen LogP contribution is -2.13. The number of carbonyl (C=O) groups excluding carboxylic acids is 1. The van der Waals surface area contributed by atoms with Crippen LogP contribution in [0, 0.1) is 5.92 Å². The largest absolute Gasteiger partial charge is 0.461 e. The van der Waals surface area contributed by atoms with E-state index in [1.807, 2.05) is 0 Å². The van der Waals surface area contributed by atoms with Crippen molar-refractivity contribution in [1.82, 2.24) is 15.0 Å². The highest BCUT2D eigenvalue weighted by molar-refractivity contribution is 5.87. The summed E-state index contributed by atoms with van der Waals surface area (Å²) in [5, 5.41) is 7.62. The van der Waals surface area contributed by atoms with Gasteiger partial charge in [-0.3, -0.25) is 0 Å².